The van der Waals surface area contributed by atoms with Gasteiger partial charge in [0, 0.05) is 0 Å². The molecule has 0 heterocycles. The van der Waals surface area contributed by atoms with Gasteiger partial charge in [-0.1, -0.05) is 0 Å². The van der Waals surface area contributed by atoms with Gasteiger partial charge in [0.1, 0.15) is 0 Å². The molecule has 2 rings (SSSR count). The SMILES string of the molecule is CC1(O)CC2(CC(C(=O)O)C2)C1. The van der Waals surface area contributed by atoms with Gasteiger partial charge in [0.25, 0.3) is 0 Å². The molecule has 0 saturated heterocycles. The van der Waals surface area contributed by atoms with E-state index in [2.05, 4.69) is 0 Å². The van der Waals surface area contributed by atoms with Crippen LogP contribution < -0.4 is 0 Å². The number of hydrogen-bond donors (Lipinski definition) is 2. The van der Waals surface area contributed by atoms with Crippen molar-refractivity contribution < 1.29 is 15.0 Å². The minimum atomic E-state index is -0.674. The van der Waals surface area contributed by atoms with Crippen LogP contribution in [-0.2, 0) is 4.79 Å². The quantitative estimate of drug-likeness (QED) is 0.617. The van der Waals surface area contributed by atoms with Crippen LogP contribution in [0.2, 0.25) is 0 Å². The van der Waals surface area contributed by atoms with E-state index in [4.69, 9.17) is 5.11 Å². The van der Waals surface area contributed by atoms with Crippen molar-refractivity contribution in [3.05, 3.63) is 0 Å². The van der Waals surface area contributed by atoms with Gasteiger partial charge in [0.15, 0.2) is 0 Å². The highest BCUT2D eigenvalue weighted by atomic mass is 16.4. The molecule has 12 heavy (non-hydrogen) atoms. The van der Waals surface area contributed by atoms with Crippen molar-refractivity contribution in [2.24, 2.45) is 11.3 Å². The van der Waals surface area contributed by atoms with E-state index in [1.165, 1.54) is 0 Å². The van der Waals surface area contributed by atoms with E-state index in [0.717, 1.165) is 25.7 Å². The Morgan fingerprint density at radius 3 is 2.25 bits per heavy atom. The standard InChI is InChI=1S/C9H14O3/c1-8(12)4-9(5-8)2-6(3-9)7(10)11/h6,12H,2-5H2,1H3,(H,10,11). The molecule has 3 heteroatoms. The van der Waals surface area contributed by atoms with Gasteiger partial charge in [-0.15, -0.1) is 0 Å². The van der Waals surface area contributed by atoms with Crippen LogP contribution >= 0.6 is 0 Å². The Hall–Kier alpha value is -0.570. The van der Waals surface area contributed by atoms with Crippen molar-refractivity contribution in [3.8, 4) is 0 Å². The summed E-state index contributed by atoms with van der Waals surface area (Å²) < 4.78 is 0. The molecule has 2 saturated carbocycles. The zero-order valence-electron chi connectivity index (χ0n) is 7.21. The minimum absolute atomic E-state index is 0.138. The zero-order valence-corrected chi connectivity index (χ0v) is 7.21. The van der Waals surface area contributed by atoms with Crippen LogP contribution in [0.3, 0.4) is 0 Å². The first-order chi connectivity index (χ1) is 5.43. The summed E-state index contributed by atoms with van der Waals surface area (Å²) in [6.07, 6.45) is 3.14. The lowest BCUT2D eigenvalue weighted by Gasteiger charge is -2.59. The number of rotatable bonds is 1. The minimum Gasteiger partial charge on any atom is -0.481 e. The number of carboxylic acid groups (broad SMARTS) is 1. The number of hydrogen-bond acceptors (Lipinski definition) is 2. The van der Waals surface area contributed by atoms with Gasteiger partial charge in [-0.05, 0) is 38.0 Å². The Morgan fingerprint density at radius 1 is 1.42 bits per heavy atom. The summed E-state index contributed by atoms with van der Waals surface area (Å²) >= 11 is 0. The van der Waals surface area contributed by atoms with Crippen LogP contribution in [0.15, 0.2) is 0 Å². The summed E-state index contributed by atoms with van der Waals surface area (Å²) in [4.78, 5) is 10.5. The molecule has 0 aromatic rings. The average Bonchev–Trinajstić information content (AvgIpc) is 1.75. The molecule has 0 aliphatic heterocycles. The topological polar surface area (TPSA) is 57.5 Å². The number of carbonyl (C=O) groups is 1. The van der Waals surface area contributed by atoms with Gasteiger partial charge in [-0.3, -0.25) is 4.79 Å². The van der Waals surface area contributed by atoms with E-state index in [9.17, 15) is 9.90 Å². The van der Waals surface area contributed by atoms with Crippen LogP contribution in [0, 0.1) is 11.3 Å². The first kappa shape index (κ1) is 8.05. The van der Waals surface area contributed by atoms with E-state index < -0.39 is 11.6 Å². The van der Waals surface area contributed by atoms with E-state index in [1.54, 1.807) is 0 Å². The molecule has 2 aliphatic rings. The van der Waals surface area contributed by atoms with Gasteiger partial charge < -0.3 is 10.2 Å². The van der Waals surface area contributed by atoms with E-state index >= 15 is 0 Å². The molecule has 0 aromatic carbocycles. The molecular formula is C9H14O3. The molecule has 2 aliphatic carbocycles. The fraction of sp³-hybridized carbons (Fsp3) is 0.889. The van der Waals surface area contributed by atoms with Crippen LogP contribution in [0.4, 0.5) is 0 Å². The second-order valence-electron chi connectivity index (χ2n) is 4.79. The van der Waals surface area contributed by atoms with E-state index in [1.807, 2.05) is 6.92 Å². The highest BCUT2D eigenvalue weighted by molar-refractivity contribution is 5.71. The molecular weight excluding hydrogens is 156 g/mol. The maximum atomic E-state index is 10.5. The Morgan fingerprint density at radius 2 is 1.92 bits per heavy atom. The number of aliphatic carboxylic acids is 1. The zero-order chi connectivity index (χ0) is 8.98. The third kappa shape index (κ3) is 1.04. The largest absolute Gasteiger partial charge is 0.481 e. The van der Waals surface area contributed by atoms with Crippen molar-refractivity contribution in [1.29, 1.82) is 0 Å². The van der Waals surface area contributed by atoms with Crippen molar-refractivity contribution >= 4 is 5.97 Å². The lowest BCUT2D eigenvalue weighted by atomic mass is 9.47. The molecule has 1 spiro atoms. The van der Waals surface area contributed by atoms with Gasteiger partial charge in [-0.25, -0.2) is 0 Å². The summed E-state index contributed by atoms with van der Waals surface area (Å²) in [6.45, 7) is 1.83. The first-order valence-electron chi connectivity index (χ1n) is 4.38. The van der Waals surface area contributed by atoms with Gasteiger partial charge in [0.05, 0.1) is 11.5 Å². The molecule has 0 radical (unpaired) electrons. The summed E-state index contributed by atoms with van der Waals surface area (Å²) in [5, 5.41) is 18.1. The fourth-order valence-corrected chi connectivity index (χ4v) is 3.01. The first-order valence-corrected chi connectivity index (χ1v) is 4.38. The van der Waals surface area contributed by atoms with Crippen molar-refractivity contribution in [2.45, 2.75) is 38.2 Å². The van der Waals surface area contributed by atoms with Crippen LogP contribution in [0.1, 0.15) is 32.6 Å². The third-order valence-corrected chi connectivity index (χ3v) is 3.22. The van der Waals surface area contributed by atoms with E-state index in [0.29, 0.717) is 0 Å². The Kier molecular flexibility index (Phi) is 1.35. The second-order valence-corrected chi connectivity index (χ2v) is 4.79. The lowest BCUT2D eigenvalue weighted by molar-refractivity contribution is -0.186. The Bertz CT molecular complexity index is 216. The predicted molar refractivity (Wildman–Crippen MR) is 42.7 cm³/mol. The molecule has 0 atom stereocenters. The molecule has 3 nitrogen and oxygen atoms in total. The van der Waals surface area contributed by atoms with Crippen molar-refractivity contribution in [3.63, 3.8) is 0 Å². The fourth-order valence-electron chi connectivity index (χ4n) is 3.01. The highest BCUT2D eigenvalue weighted by Crippen LogP contribution is 2.62. The van der Waals surface area contributed by atoms with E-state index in [-0.39, 0.29) is 11.3 Å². The average molecular weight is 170 g/mol. The maximum Gasteiger partial charge on any atom is 0.306 e. The molecule has 0 bridgehead atoms. The van der Waals surface area contributed by atoms with Gasteiger partial charge in [0.2, 0.25) is 0 Å². The summed E-state index contributed by atoms with van der Waals surface area (Å²) in [7, 11) is 0. The second kappa shape index (κ2) is 2.02. The molecule has 2 N–H and O–H groups in total. The number of aliphatic hydroxyl groups is 1. The van der Waals surface area contributed by atoms with Crippen molar-refractivity contribution in [1.82, 2.24) is 0 Å². The summed E-state index contributed by atoms with van der Waals surface area (Å²) in [5.74, 6) is -0.812. The van der Waals surface area contributed by atoms with Crippen LogP contribution in [0.5, 0.6) is 0 Å². The van der Waals surface area contributed by atoms with Crippen LogP contribution in [-0.4, -0.2) is 21.8 Å². The Balaban J connectivity index is 1.87. The maximum absolute atomic E-state index is 10.5. The molecule has 0 aromatic heterocycles. The molecule has 2 fully saturated rings. The predicted octanol–water partition coefficient (Wildman–Crippen LogP) is 1.01. The molecule has 68 valence electrons. The highest BCUT2D eigenvalue weighted by Gasteiger charge is 2.59. The Labute approximate surface area is 71.4 Å². The van der Waals surface area contributed by atoms with Crippen LogP contribution in [0.25, 0.3) is 0 Å². The third-order valence-electron chi connectivity index (χ3n) is 3.22. The monoisotopic (exact) mass is 170 g/mol. The molecule has 0 unspecified atom stereocenters. The summed E-state index contributed by atoms with van der Waals surface area (Å²) in [6, 6.07) is 0. The smallest absolute Gasteiger partial charge is 0.306 e. The summed E-state index contributed by atoms with van der Waals surface area (Å²) in [5.41, 5.74) is -0.309. The lowest BCUT2D eigenvalue weighted by Crippen LogP contribution is -2.57. The molecule has 0 amide bonds. The normalized spacial score (nSPS) is 51.3. The van der Waals surface area contributed by atoms with Gasteiger partial charge >= 0.3 is 5.97 Å². The van der Waals surface area contributed by atoms with Crippen molar-refractivity contribution in [2.75, 3.05) is 0 Å². The number of carboxylic acids is 1. The van der Waals surface area contributed by atoms with Gasteiger partial charge in [-0.2, -0.15) is 0 Å².